The van der Waals surface area contributed by atoms with E-state index in [9.17, 15) is 5.11 Å². The van der Waals surface area contributed by atoms with E-state index in [1.165, 1.54) is 0 Å². The highest BCUT2D eigenvalue weighted by Crippen LogP contribution is 2.40. The maximum Gasteiger partial charge on any atom is 0.137 e. The molecular weight excluding hydrogens is 540 g/mol. The van der Waals surface area contributed by atoms with Crippen LogP contribution in [-0.2, 0) is 0 Å². The van der Waals surface area contributed by atoms with Gasteiger partial charge in [-0.3, -0.25) is 9.88 Å². The summed E-state index contributed by atoms with van der Waals surface area (Å²) in [6.07, 6.45) is 1.82. The fourth-order valence-electron chi connectivity index (χ4n) is 5.76. The second kappa shape index (κ2) is 11.5. The number of fused-ring (bicyclic) bond motifs is 1. The molecule has 3 aromatic heterocycles. The molecule has 0 aliphatic carbocycles. The van der Waals surface area contributed by atoms with Gasteiger partial charge in [-0.2, -0.15) is 0 Å². The van der Waals surface area contributed by atoms with Crippen LogP contribution in [-0.4, -0.2) is 20.1 Å². The van der Waals surface area contributed by atoms with Gasteiger partial charge in [-0.15, -0.1) is 0 Å². The van der Waals surface area contributed by atoms with Crippen LogP contribution >= 0.6 is 0 Å². The van der Waals surface area contributed by atoms with E-state index in [2.05, 4.69) is 94.8 Å². The zero-order chi connectivity index (χ0) is 30.0. The molecule has 7 rings (SSSR count). The standard InChI is InChI=1S/C39H30N4O/c1-26-21-30(22-27(2)41-26)31-24-35(42-36(25-31)34-16-5-6-18-38(34)44)29-13-9-14-32(23-29)43(39-19-7-8-20-40-39)37-17-10-12-28-11-3-4-15-33(28)37/h3-25,44H,1-2H3. The van der Waals surface area contributed by atoms with Crippen LogP contribution in [0.1, 0.15) is 11.4 Å². The number of hydrogen-bond donors (Lipinski definition) is 1. The SMILES string of the molecule is Cc1cc(-c2cc(-c3cccc(N(c4ccccn4)c4cccc5ccccc45)c3)nc(-c3ccccc3O)c2)cc(C)n1. The number of benzene rings is 4. The number of para-hydroxylation sites is 1. The first kappa shape index (κ1) is 27.0. The van der Waals surface area contributed by atoms with E-state index in [1.54, 1.807) is 6.07 Å². The lowest BCUT2D eigenvalue weighted by Crippen LogP contribution is -2.12. The van der Waals surface area contributed by atoms with E-state index in [0.717, 1.165) is 61.7 Å². The third kappa shape index (κ3) is 5.27. The topological polar surface area (TPSA) is 62.1 Å². The Balaban J connectivity index is 1.43. The second-order valence-corrected chi connectivity index (χ2v) is 10.9. The van der Waals surface area contributed by atoms with Crippen LogP contribution in [0.2, 0.25) is 0 Å². The molecule has 1 N–H and O–H groups in total. The number of nitrogens with zero attached hydrogens (tertiary/aromatic N) is 4. The molecule has 0 aliphatic rings. The number of aryl methyl sites for hydroxylation is 2. The quantitative estimate of drug-likeness (QED) is 0.216. The van der Waals surface area contributed by atoms with Crippen molar-refractivity contribution in [3.63, 3.8) is 0 Å². The van der Waals surface area contributed by atoms with Gasteiger partial charge in [0.25, 0.3) is 0 Å². The maximum absolute atomic E-state index is 10.8. The van der Waals surface area contributed by atoms with E-state index < -0.39 is 0 Å². The summed E-state index contributed by atoms with van der Waals surface area (Å²) in [5.41, 5.74) is 9.08. The Hall–Kier alpha value is -5.81. The Bertz CT molecular complexity index is 2100. The Morgan fingerprint density at radius 1 is 0.568 bits per heavy atom. The minimum Gasteiger partial charge on any atom is -0.507 e. The lowest BCUT2D eigenvalue weighted by atomic mass is 9.99. The summed E-state index contributed by atoms with van der Waals surface area (Å²) in [4.78, 5) is 16.6. The van der Waals surface area contributed by atoms with Crippen molar-refractivity contribution in [1.82, 2.24) is 15.0 Å². The van der Waals surface area contributed by atoms with Crippen LogP contribution in [0.4, 0.5) is 17.2 Å². The number of phenolic OH excluding ortho intramolecular Hbond substituents is 1. The van der Waals surface area contributed by atoms with E-state index in [4.69, 9.17) is 9.97 Å². The molecule has 0 saturated carbocycles. The summed E-state index contributed by atoms with van der Waals surface area (Å²) in [6, 6.07) is 44.7. The van der Waals surface area contributed by atoms with Gasteiger partial charge in [-0.1, -0.05) is 66.7 Å². The minimum absolute atomic E-state index is 0.191. The molecule has 0 amide bonds. The largest absolute Gasteiger partial charge is 0.507 e. The highest BCUT2D eigenvalue weighted by molar-refractivity contribution is 5.98. The molecule has 0 bridgehead atoms. The number of aromatic hydroxyl groups is 1. The second-order valence-electron chi connectivity index (χ2n) is 10.9. The highest BCUT2D eigenvalue weighted by Gasteiger charge is 2.18. The molecule has 0 radical (unpaired) electrons. The number of hydrogen-bond acceptors (Lipinski definition) is 5. The average molecular weight is 571 g/mol. The van der Waals surface area contributed by atoms with Crippen LogP contribution < -0.4 is 4.90 Å². The van der Waals surface area contributed by atoms with E-state index >= 15 is 0 Å². The molecule has 7 aromatic rings. The molecule has 0 unspecified atom stereocenters. The predicted octanol–water partition coefficient (Wildman–Crippen LogP) is 9.82. The third-order valence-electron chi connectivity index (χ3n) is 7.71. The molecular formula is C39H30N4O. The van der Waals surface area contributed by atoms with Crippen molar-refractivity contribution in [2.24, 2.45) is 0 Å². The van der Waals surface area contributed by atoms with Crippen molar-refractivity contribution >= 4 is 28.0 Å². The molecule has 0 saturated heterocycles. The molecule has 0 atom stereocenters. The van der Waals surface area contributed by atoms with E-state index in [-0.39, 0.29) is 5.75 Å². The Morgan fingerprint density at radius 2 is 1.27 bits per heavy atom. The van der Waals surface area contributed by atoms with Gasteiger partial charge in [-0.05, 0) is 97.1 Å². The summed E-state index contributed by atoms with van der Waals surface area (Å²) >= 11 is 0. The number of aromatic nitrogens is 3. The number of anilines is 3. The molecule has 3 heterocycles. The first-order chi connectivity index (χ1) is 21.5. The molecule has 5 nitrogen and oxygen atoms in total. The maximum atomic E-state index is 10.8. The summed E-state index contributed by atoms with van der Waals surface area (Å²) in [7, 11) is 0. The zero-order valence-electron chi connectivity index (χ0n) is 24.5. The third-order valence-corrected chi connectivity index (χ3v) is 7.71. The Kier molecular flexibility index (Phi) is 7.05. The summed E-state index contributed by atoms with van der Waals surface area (Å²) in [6.45, 7) is 4.01. The first-order valence-corrected chi connectivity index (χ1v) is 14.6. The highest BCUT2D eigenvalue weighted by atomic mass is 16.3. The van der Waals surface area contributed by atoms with Crippen molar-refractivity contribution < 1.29 is 5.11 Å². The van der Waals surface area contributed by atoms with Gasteiger partial charge in [-0.25, -0.2) is 9.97 Å². The summed E-state index contributed by atoms with van der Waals surface area (Å²) in [5, 5.41) is 13.1. The van der Waals surface area contributed by atoms with Crippen molar-refractivity contribution in [2.45, 2.75) is 13.8 Å². The summed E-state index contributed by atoms with van der Waals surface area (Å²) in [5.74, 6) is 1.01. The van der Waals surface area contributed by atoms with Crippen molar-refractivity contribution in [2.75, 3.05) is 4.90 Å². The lowest BCUT2D eigenvalue weighted by molar-refractivity contribution is 0.477. The first-order valence-electron chi connectivity index (χ1n) is 14.6. The molecule has 4 aromatic carbocycles. The van der Waals surface area contributed by atoms with Gasteiger partial charge >= 0.3 is 0 Å². The van der Waals surface area contributed by atoms with Crippen LogP contribution in [0, 0.1) is 13.8 Å². The fraction of sp³-hybridized carbons (Fsp3) is 0.0513. The van der Waals surface area contributed by atoms with Gasteiger partial charge in [0.15, 0.2) is 0 Å². The monoisotopic (exact) mass is 570 g/mol. The lowest BCUT2D eigenvalue weighted by Gasteiger charge is -2.26. The van der Waals surface area contributed by atoms with E-state index in [0.29, 0.717) is 11.3 Å². The van der Waals surface area contributed by atoms with Crippen LogP contribution in [0.5, 0.6) is 5.75 Å². The number of rotatable bonds is 6. The average Bonchev–Trinajstić information content (AvgIpc) is 3.05. The van der Waals surface area contributed by atoms with Crippen LogP contribution in [0.3, 0.4) is 0 Å². The number of pyridine rings is 3. The van der Waals surface area contributed by atoms with Gasteiger partial charge < -0.3 is 5.11 Å². The van der Waals surface area contributed by atoms with Crippen LogP contribution in [0.25, 0.3) is 44.4 Å². The predicted molar refractivity (Wildman–Crippen MR) is 179 cm³/mol. The minimum atomic E-state index is 0.191. The Labute approximate surface area is 256 Å². The van der Waals surface area contributed by atoms with Gasteiger partial charge in [0, 0.05) is 39.8 Å². The fourth-order valence-corrected chi connectivity index (χ4v) is 5.76. The van der Waals surface area contributed by atoms with Gasteiger partial charge in [0.2, 0.25) is 0 Å². The van der Waals surface area contributed by atoms with Crippen molar-refractivity contribution in [1.29, 1.82) is 0 Å². The smallest absolute Gasteiger partial charge is 0.137 e. The normalized spacial score (nSPS) is 11.0. The Morgan fingerprint density at radius 3 is 2.09 bits per heavy atom. The zero-order valence-corrected chi connectivity index (χ0v) is 24.5. The van der Waals surface area contributed by atoms with Crippen molar-refractivity contribution in [3.8, 4) is 39.4 Å². The van der Waals surface area contributed by atoms with Crippen LogP contribution in [0.15, 0.2) is 140 Å². The molecule has 0 spiro atoms. The molecule has 44 heavy (non-hydrogen) atoms. The van der Waals surface area contributed by atoms with E-state index in [1.807, 2.05) is 62.5 Å². The molecule has 0 aliphatic heterocycles. The van der Waals surface area contributed by atoms with Crippen molar-refractivity contribution in [3.05, 3.63) is 151 Å². The van der Waals surface area contributed by atoms with Gasteiger partial charge in [0.1, 0.15) is 11.6 Å². The number of phenols is 1. The molecule has 0 fully saturated rings. The summed E-state index contributed by atoms with van der Waals surface area (Å²) < 4.78 is 0. The molecule has 212 valence electrons. The van der Waals surface area contributed by atoms with Gasteiger partial charge in [0.05, 0.1) is 17.1 Å². The molecule has 5 heteroatoms.